The Morgan fingerprint density at radius 2 is 1.94 bits per heavy atom. The van der Waals surface area contributed by atoms with Crippen LogP contribution in [0, 0.1) is 0 Å². The summed E-state index contributed by atoms with van der Waals surface area (Å²) >= 11 is 0.774. The summed E-state index contributed by atoms with van der Waals surface area (Å²) in [7, 11) is -0.909. The fourth-order valence-corrected chi connectivity index (χ4v) is 7.05. The van der Waals surface area contributed by atoms with Gasteiger partial charge >= 0.3 is 12.1 Å². The van der Waals surface area contributed by atoms with E-state index in [1.54, 1.807) is 38.4 Å². The number of allylic oxidation sites excluding steroid dienone is 1. The molecule has 0 bridgehead atoms. The minimum atomic E-state index is -4.73. The first kappa shape index (κ1) is 26.2. The number of hydrogen-bond acceptors (Lipinski definition) is 7. The maximum absolute atomic E-state index is 13.1. The van der Waals surface area contributed by atoms with Crippen LogP contribution in [-0.2, 0) is 32.2 Å². The lowest BCUT2D eigenvalue weighted by atomic mass is 10.0. The number of carboxylic acid groups (broad SMARTS) is 1. The summed E-state index contributed by atoms with van der Waals surface area (Å²) < 4.78 is 69.9. The molecular formula is C22H22F3N3O6S2. The van der Waals surface area contributed by atoms with Crippen LogP contribution in [0.3, 0.4) is 0 Å². The molecule has 2 N–H and O–H groups in total. The summed E-state index contributed by atoms with van der Waals surface area (Å²) in [4.78, 5) is 25.6. The lowest BCUT2D eigenvalue weighted by molar-refractivity contribution is -0.155. The van der Waals surface area contributed by atoms with Gasteiger partial charge in [-0.2, -0.15) is 17.9 Å². The van der Waals surface area contributed by atoms with Crippen LogP contribution in [0.1, 0.15) is 41.3 Å². The van der Waals surface area contributed by atoms with E-state index >= 15 is 0 Å². The van der Waals surface area contributed by atoms with Crippen molar-refractivity contribution in [2.24, 2.45) is 0 Å². The van der Waals surface area contributed by atoms with Crippen LogP contribution >= 0.6 is 11.8 Å². The van der Waals surface area contributed by atoms with E-state index in [2.05, 4.69) is 14.4 Å². The number of aromatic nitrogens is 1. The molecule has 1 amide bonds. The zero-order valence-electron chi connectivity index (χ0n) is 19.1. The van der Waals surface area contributed by atoms with Crippen molar-refractivity contribution in [1.82, 2.24) is 14.8 Å². The number of carboxylic acids is 1. The van der Waals surface area contributed by atoms with Gasteiger partial charge < -0.3 is 14.5 Å². The second-order valence-corrected chi connectivity index (χ2v) is 12.2. The Morgan fingerprint density at radius 1 is 1.28 bits per heavy atom. The van der Waals surface area contributed by atoms with Crippen LogP contribution in [0.4, 0.5) is 13.2 Å². The van der Waals surface area contributed by atoms with Gasteiger partial charge in [0.25, 0.3) is 0 Å². The fourth-order valence-electron chi connectivity index (χ4n) is 3.90. The van der Waals surface area contributed by atoms with E-state index in [4.69, 9.17) is 0 Å². The highest BCUT2D eigenvalue weighted by Crippen LogP contribution is 2.53. The predicted octanol–water partition coefficient (Wildman–Crippen LogP) is 3.06. The molecule has 2 heterocycles. The zero-order chi connectivity index (χ0) is 26.5. The van der Waals surface area contributed by atoms with E-state index in [1.165, 1.54) is 11.0 Å². The molecule has 1 aliphatic carbocycles. The highest BCUT2D eigenvalue weighted by Gasteiger charge is 2.63. The van der Waals surface area contributed by atoms with Gasteiger partial charge in [0.15, 0.2) is 0 Å². The number of alkyl halides is 3. The average Bonchev–Trinajstić information content (AvgIpc) is 3.16. The van der Waals surface area contributed by atoms with Crippen LogP contribution in [-0.4, -0.2) is 59.7 Å². The Hall–Kier alpha value is -2.84. The smallest absolute Gasteiger partial charge is 0.452 e. The Morgan fingerprint density at radius 3 is 2.50 bits per heavy atom. The first-order valence-corrected chi connectivity index (χ1v) is 13.1. The summed E-state index contributed by atoms with van der Waals surface area (Å²) in [6, 6.07) is 7.44. The summed E-state index contributed by atoms with van der Waals surface area (Å²) in [6.45, 7) is 0. The van der Waals surface area contributed by atoms with Crippen LogP contribution in [0.25, 0.3) is 4.91 Å². The standard InChI is InChI=1S/C22H22F3N3O6S2/c1-28(2)18(29)9-12-3-5-13(6-4-12)14-11-21(14,20(30)31)27-36(32,33)19-8-7-16(35-19)15-10-17(34-26-15)22(23,24)25/h3-7,10,14,19,27H,8-9,11H2,1-2H3,(H,30,31)/t14-,19?,21+/m0/s1. The zero-order valence-corrected chi connectivity index (χ0v) is 20.7. The molecule has 1 saturated carbocycles. The molecule has 2 aromatic rings. The van der Waals surface area contributed by atoms with Crippen LogP contribution < -0.4 is 4.72 Å². The lowest BCUT2D eigenvalue weighted by Gasteiger charge is -2.19. The van der Waals surface area contributed by atoms with E-state index in [1.807, 2.05) is 0 Å². The van der Waals surface area contributed by atoms with Gasteiger partial charge in [-0.3, -0.25) is 9.59 Å². The van der Waals surface area contributed by atoms with Crippen molar-refractivity contribution in [2.75, 3.05) is 14.1 Å². The lowest BCUT2D eigenvalue weighted by Crippen LogP contribution is -2.47. The van der Waals surface area contributed by atoms with Crippen molar-refractivity contribution >= 4 is 38.6 Å². The fraction of sp³-hybridized carbons (Fsp3) is 0.409. The average molecular weight is 546 g/mol. The van der Waals surface area contributed by atoms with Crippen LogP contribution in [0.15, 0.2) is 40.9 Å². The van der Waals surface area contributed by atoms with Crippen molar-refractivity contribution in [3.05, 3.63) is 59.0 Å². The molecule has 0 spiro atoms. The van der Waals surface area contributed by atoms with Crippen molar-refractivity contribution in [2.45, 2.75) is 41.5 Å². The number of carbonyl (C=O) groups is 2. The monoisotopic (exact) mass is 545 g/mol. The largest absolute Gasteiger partial charge is 0.480 e. The number of amides is 1. The van der Waals surface area contributed by atoms with Crippen molar-refractivity contribution < 1.29 is 40.8 Å². The second-order valence-electron chi connectivity index (χ2n) is 8.81. The van der Waals surface area contributed by atoms with Gasteiger partial charge in [0, 0.05) is 31.0 Å². The van der Waals surface area contributed by atoms with E-state index in [0.29, 0.717) is 11.6 Å². The number of nitrogens with zero attached hydrogens (tertiary/aromatic N) is 2. The summed E-state index contributed by atoms with van der Waals surface area (Å²) in [5.74, 6) is -3.34. The van der Waals surface area contributed by atoms with Gasteiger partial charge in [0.2, 0.25) is 21.7 Å². The topological polar surface area (TPSA) is 130 Å². The molecule has 0 saturated heterocycles. The number of likely N-dealkylation sites (N-methyl/N-ethyl adjacent to an activating group) is 1. The van der Waals surface area contributed by atoms with Gasteiger partial charge in [-0.05, 0) is 24.0 Å². The number of rotatable bonds is 8. The molecule has 0 radical (unpaired) electrons. The third-order valence-corrected chi connectivity index (χ3v) is 9.71. The van der Waals surface area contributed by atoms with E-state index in [-0.39, 0.29) is 35.8 Å². The molecule has 14 heteroatoms. The third kappa shape index (κ3) is 5.15. The maximum Gasteiger partial charge on any atom is 0.452 e. The number of sulfonamides is 1. The highest BCUT2D eigenvalue weighted by atomic mass is 32.3. The number of halogens is 3. The predicted molar refractivity (Wildman–Crippen MR) is 124 cm³/mol. The van der Waals surface area contributed by atoms with Gasteiger partial charge in [0.1, 0.15) is 15.8 Å². The van der Waals surface area contributed by atoms with E-state index < -0.39 is 44.0 Å². The van der Waals surface area contributed by atoms with Gasteiger partial charge in [0.05, 0.1) is 6.42 Å². The van der Waals surface area contributed by atoms with Crippen LogP contribution in [0.2, 0.25) is 0 Å². The van der Waals surface area contributed by atoms with E-state index in [9.17, 15) is 36.3 Å². The van der Waals surface area contributed by atoms with E-state index in [0.717, 1.165) is 17.3 Å². The number of nitrogens with one attached hydrogen (secondary N) is 1. The number of aliphatic carboxylic acids is 1. The van der Waals surface area contributed by atoms with Gasteiger partial charge in [-0.25, -0.2) is 8.42 Å². The first-order valence-electron chi connectivity index (χ1n) is 10.7. The van der Waals surface area contributed by atoms with Crippen molar-refractivity contribution in [3.63, 3.8) is 0 Å². The molecule has 1 unspecified atom stereocenters. The summed E-state index contributed by atoms with van der Waals surface area (Å²) in [6.07, 6.45) is -3.12. The minimum absolute atomic E-state index is 0.0352. The Labute approximate surface area is 208 Å². The molecule has 4 rings (SSSR count). The summed E-state index contributed by atoms with van der Waals surface area (Å²) in [5, 5.41) is 13.2. The molecule has 1 aromatic carbocycles. The minimum Gasteiger partial charge on any atom is -0.480 e. The molecule has 3 atom stereocenters. The first-order chi connectivity index (χ1) is 16.7. The molecule has 1 aliphatic heterocycles. The van der Waals surface area contributed by atoms with Gasteiger partial charge in [-0.1, -0.05) is 35.5 Å². The molecule has 1 aromatic heterocycles. The second kappa shape index (κ2) is 9.23. The van der Waals surface area contributed by atoms with Crippen LogP contribution in [0.5, 0.6) is 0 Å². The third-order valence-electron chi connectivity index (χ3n) is 6.05. The quantitative estimate of drug-likeness (QED) is 0.518. The number of hydrogen-bond donors (Lipinski definition) is 2. The van der Waals surface area contributed by atoms with Crippen molar-refractivity contribution in [1.29, 1.82) is 0 Å². The Balaban J connectivity index is 1.44. The molecule has 194 valence electrons. The molecule has 36 heavy (non-hydrogen) atoms. The SMILES string of the molecule is CN(C)C(=O)Cc1ccc([C@@H]2C[C@]2(NS(=O)(=O)C2CC=C(c3cc(C(F)(F)F)on3)S2)C(=O)O)cc1. The molecule has 2 aliphatic rings. The normalized spacial score (nSPS) is 23.9. The molecule has 9 nitrogen and oxygen atoms in total. The number of carbonyl (C=O) groups excluding carboxylic acids is 1. The van der Waals surface area contributed by atoms with Gasteiger partial charge in [-0.15, -0.1) is 11.8 Å². The Bertz CT molecular complexity index is 1320. The summed E-state index contributed by atoms with van der Waals surface area (Å²) in [5.41, 5.74) is -0.529. The Kier molecular flexibility index (Phi) is 6.73. The van der Waals surface area contributed by atoms with Crippen molar-refractivity contribution in [3.8, 4) is 0 Å². The maximum atomic E-state index is 13.1. The highest BCUT2D eigenvalue weighted by molar-refractivity contribution is 8.18. The molecular weight excluding hydrogens is 523 g/mol. The molecule has 1 fully saturated rings. The number of benzene rings is 1. The number of thioether (sulfide) groups is 1.